The van der Waals surface area contributed by atoms with Crippen molar-refractivity contribution in [3.05, 3.63) is 23.8 Å². The standard InChI is InChI=1S/C16H21NO5/c18-13(10-17-6-1-3-12(17)16(19)20)11-4-5-14-15(9-11)22-8-2-7-21-14/h4-5,9,12-13,18H,1-3,6-8,10H2,(H,19,20). The minimum atomic E-state index is -0.816. The molecule has 6 nitrogen and oxygen atoms in total. The van der Waals surface area contributed by atoms with Crippen LogP contribution < -0.4 is 9.47 Å². The van der Waals surface area contributed by atoms with Crippen LogP contribution >= 0.6 is 0 Å². The van der Waals surface area contributed by atoms with Gasteiger partial charge in [-0.15, -0.1) is 0 Å². The summed E-state index contributed by atoms with van der Waals surface area (Å²) in [6.45, 7) is 2.25. The van der Waals surface area contributed by atoms with Crippen LogP contribution in [0.15, 0.2) is 18.2 Å². The van der Waals surface area contributed by atoms with Gasteiger partial charge in [-0.05, 0) is 37.1 Å². The Labute approximate surface area is 129 Å². The van der Waals surface area contributed by atoms with Crippen molar-refractivity contribution in [1.82, 2.24) is 4.90 Å². The van der Waals surface area contributed by atoms with Gasteiger partial charge in [0, 0.05) is 13.0 Å². The number of fused-ring (bicyclic) bond motifs is 1. The highest BCUT2D eigenvalue weighted by molar-refractivity contribution is 5.73. The Kier molecular flexibility index (Phi) is 4.49. The Morgan fingerprint density at radius 2 is 2.05 bits per heavy atom. The second-order valence-corrected chi connectivity index (χ2v) is 5.76. The number of β-amino-alcohol motifs (C(OH)–C–C–N with tert-alkyl or cyclic N) is 1. The molecule has 3 rings (SSSR count). The first-order chi connectivity index (χ1) is 10.6. The van der Waals surface area contributed by atoms with E-state index in [2.05, 4.69) is 0 Å². The average Bonchev–Trinajstić information content (AvgIpc) is 2.83. The number of nitrogens with zero attached hydrogens (tertiary/aromatic N) is 1. The zero-order valence-electron chi connectivity index (χ0n) is 12.4. The molecule has 120 valence electrons. The third-order valence-electron chi connectivity index (χ3n) is 4.21. The summed E-state index contributed by atoms with van der Waals surface area (Å²) >= 11 is 0. The van der Waals surface area contributed by atoms with Crippen molar-refractivity contribution in [1.29, 1.82) is 0 Å². The number of ether oxygens (including phenoxy) is 2. The summed E-state index contributed by atoms with van der Waals surface area (Å²) in [5, 5.41) is 19.6. The molecule has 2 aliphatic heterocycles. The number of aliphatic carboxylic acids is 1. The van der Waals surface area contributed by atoms with Crippen molar-refractivity contribution >= 4 is 5.97 Å². The van der Waals surface area contributed by atoms with E-state index in [0.717, 1.165) is 18.4 Å². The van der Waals surface area contributed by atoms with Crippen molar-refractivity contribution in [2.45, 2.75) is 31.4 Å². The largest absolute Gasteiger partial charge is 0.490 e. The molecule has 2 aliphatic rings. The molecule has 0 radical (unpaired) electrons. The smallest absolute Gasteiger partial charge is 0.320 e. The van der Waals surface area contributed by atoms with E-state index in [4.69, 9.17) is 9.47 Å². The lowest BCUT2D eigenvalue weighted by atomic mass is 10.1. The van der Waals surface area contributed by atoms with Gasteiger partial charge >= 0.3 is 5.97 Å². The maximum Gasteiger partial charge on any atom is 0.320 e. The third-order valence-corrected chi connectivity index (χ3v) is 4.21. The van der Waals surface area contributed by atoms with Gasteiger partial charge in [-0.3, -0.25) is 9.69 Å². The highest BCUT2D eigenvalue weighted by Crippen LogP contribution is 2.33. The summed E-state index contributed by atoms with van der Waals surface area (Å²) in [6, 6.07) is 4.91. The Balaban J connectivity index is 1.71. The molecule has 0 aliphatic carbocycles. The predicted octanol–water partition coefficient (Wildman–Crippen LogP) is 1.43. The molecule has 0 saturated carbocycles. The summed E-state index contributed by atoms with van der Waals surface area (Å²) in [6.07, 6.45) is 1.59. The van der Waals surface area contributed by atoms with E-state index in [9.17, 15) is 15.0 Å². The number of benzene rings is 1. The monoisotopic (exact) mass is 307 g/mol. The van der Waals surface area contributed by atoms with Crippen molar-refractivity contribution < 1.29 is 24.5 Å². The van der Waals surface area contributed by atoms with Crippen LogP contribution in [-0.4, -0.2) is 53.4 Å². The number of carbonyl (C=O) groups is 1. The van der Waals surface area contributed by atoms with Crippen LogP contribution in [0.2, 0.25) is 0 Å². The van der Waals surface area contributed by atoms with E-state index in [1.807, 2.05) is 11.0 Å². The minimum absolute atomic E-state index is 0.316. The van der Waals surface area contributed by atoms with Crippen molar-refractivity contribution in [2.24, 2.45) is 0 Å². The second-order valence-electron chi connectivity index (χ2n) is 5.76. The first kappa shape index (κ1) is 15.1. The molecule has 0 aromatic heterocycles. The number of carboxylic acids is 1. The summed E-state index contributed by atoms with van der Waals surface area (Å²) in [4.78, 5) is 13.0. The van der Waals surface area contributed by atoms with Crippen molar-refractivity contribution in [2.75, 3.05) is 26.3 Å². The lowest BCUT2D eigenvalue weighted by Crippen LogP contribution is -2.38. The van der Waals surface area contributed by atoms with E-state index in [1.54, 1.807) is 12.1 Å². The van der Waals surface area contributed by atoms with Crippen molar-refractivity contribution in [3.8, 4) is 11.5 Å². The highest BCUT2D eigenvalue weighted by Gasteiger charge is 2.32. The van der Waals surface area contributed by atoms with Gasteiger partial charge in [0.05, 0.1) is 19.3 Å². The molecule has 1 saturated heterocycles. The van der Waals surface area contributed by atoms with Crippen molar-refractivity contribution in [3.63, 3.8) is 0 Å². The van der Waals surface area contributed by atoms with E-state index >= 15 is 0 Å². The number of hydrogen-bond donors (Lipinski definition) is 2. The van der Waals surface area contributed by atoms with E-state index in [1.165, 1.54) is 0 Å². The number of aliphatic hydroxyl groups is 1. The summed E-state index contributed by atoms with van der Waals surface area (Å²) in [5.74, 6) is 0.520. The molecule has 2 heterocycles. The first-order valence-electron chi connectivity index (χ1n) is 7.69. The predicted molar refractivity (Wildman–Crippen MR) is 79.2 cm³/mol. The third kappa shape index (κ3) is 3.18. The Bertz CT molecular complexity index is 547. The second kappa shape index (κ2) is 6.54. The lowest BCUT2D eigenvalue weighted by molar-refractivity contribution is -0.142. The quantitative estimate of drug-likeness (QED) is 0.876. The zero-order valence-corrected chi connectivity index (χ0v) is 12.4. The normalized spacial score (nSPS) is 23.0. The molecular formula is C16H21NO5. The molecule has 22 heavy (non-hydrogen) atoms. The molecule has 1 fully saturated rings. The van der Waals surface area contributed by atoms with Crippen LogP contribution in [0, 0.1) is 0 Å². The number of hydrogen-bond acceptors (Lipinski definition) is 5. The summed E-state index contributed by atoms with van der Waals surface area (Å²) in [7, 11) is 0. The van der Waals surface area contributed by atoms with Crippen LogP contribution in [0.1, 0.15) is 30.9 Å². The molecule has 0 amide bonds. The molecule has 0 bridgehead atoms. The fourth-order valence-electron chi connectivity index (χ4n) is 3.04. The van der Waals surface area contributed by atoms with Crippen LogP contribution in [0.5, 0.6) is 11.5 Å². The first-order valence-corrected chi connectivity index (χ1v) is 7.69. The average molecular weight is 307 g/mol. The molecule has 6 heteroatoms. The fraction of sp³-hybridized carbons (Fsp3) is 0.562. The Hall–Kier alpha value is -1.79. The molecule has 2 atom stereocenters. The van der Waals surface area contributed by atoms with E-state index < -0.39 is 18.1 Å². The van der Waals surface area contributed by atoms with Gasteiger partial charge in [0.15, 0.2) is 11.5 Å². The van der Waals surface area contributed by atoms with Gasteiger partial charge in [0.1, 0.15) is 6.04 Å². The molecule has 0 spiro atoms. The highest BCUT2D eigenvalue weighted by atomic mass is 16.5. The maximum absolute atomic E-state index is 11.2. The minimum Gasteiger partial charge on any atom is -0.490 e. The summed E-state index contributed by atoms with van der Waals surface area (Å²) < 4.78 is 11.2. The van der Waals surface area contributed by atoms with Crippen LogP contribution in [0.3, 0.4) is 0 Å². The molecular weight excluding hydrogens is 286 g/mol. The molecule has 1 aromatic rings. The topological polar surface area (TPSA) is 79.2 Å². The van der Waals surface area contributed by atoms with Gasteiger partial charge in [0.2, 0.25) is 0 Å². The van der Waals surface area contributed by atoms with Gasteiger partial charge in [-0.25, -0.2) is 0 Å². The van der Waals surface area contributed by atoms with Gasteiger partial charge in [-0.2, -0.15) is 0 Å². The zero-order chi connectivity index (χ0) is 15.5. The molecule has 2 N–H and O–H groups in total. The SMILES string of the molecule is O=C(O)C1CCCN1CC(O)c1ccc2c(c1)OCCCO2. The van der Waals surface area contributed by atoms with Crippen LogP contribution in [0.4, 0.5) is 0 Å². The Morgan fingerprint density at radius 1 is 1.27 bits per heavy atom. The van der Waals surface area contributed by atoms with E-state index in [0.29, 0.717) is 44.2 Å². The van der Waals surface area contributed by atoms with Gasteiger partial charge in [0.25, 0.3) is 0 Å². The number of aliphatic hydroxyl groups excluding tert-OH is 1. The summed E-state index contributed by atoms with van der Waals surface area (Å²) in [5.41, 5.74) is 0.722. The molecule has 2 unspecified atom stereocenters. The van der Waals surface area contributed by atoms with Gasteiger partial charge < -0.3 is 19.7 Å². The lowest BCUT2D eigenvalue weighted by Gasteiger charge is -2.24. The van der Waals surface area contributed by atoms with Crippen LogP contribution in [0.25, 0.3) is 0 Å². The maximum atomic E-state index is 11.2. The van der Waals surface area contributed by atoms with Crippen LogP contribution in [-0.2, 0) is 4.79 Å². The fourth-order valence-corrected chi connectivity index (χ4v) is 3.04. The number of rotatable bonds is 4. The Morgan fingerprint density at radius 3 is 2.82 bits per heavy atom. The van der Waals surface area contributed by atoms with Gasteiger partial charge in [-0.1, -0.05) is 6.07 Å². The number of likely N-dealkylation sites (tertiary alicyclic amines) is 1. The molecule has 1 aromatic carbocycles. The van der Waals surface area contributed by atoms with E-state index in [-0.39, 0.29) is 0 Å². The number of carboxylic acid groups (broad SMARTS) is 1.